The van der Waals surface area contributed by atoms with Crippen molar-refractivity contribution in [3.05, 3.63) is 118 Å². The van der Waals surface area contributed by atoms with Crippen LogP contribution in [0.25, 0.3) is 0 Å². The highest BCUT2D eigenvalue weighted by molar-refractivity contribution is 6.29. The van der Waals surface area contributed by atoms with Crippen molar-refractivity contribution in [1.82, 2.24) is 25.4 Å². The van der Waals surface area contributed by atoms with Crippen molar-refractivity contribution in [1.29, 1.82) is 0 Å². The smallest absolute Gasteiger partial charge is 0.254 e. The molecule has 6 nitrogen and oxygen atoms in total. The fourth-order valence-electron chi connectivity index (χ4n) is 5.61. The first kappa shape index (κ1) is 30.5. The number of halogens is 1. The Hall–Kier alpha value is -3.48. The zero-order chi connectivity index (χ0) is 29.6. The first-order valence-electron chi connectivity index (χ1n) is 14.4. The first-order valence-corrected chi connectivity index (χ1v) is 14.8. The Balaban J connectivity index is 1.43. The molecule has 1 aromatic carbocycles. The van der Waals surface area contributed by atoms with Crippen LogP contribution < -0.4 is 5.32 Å². The third-order valence-electron chi connectivity index (χ3n) is 8.10. The molecule has 216 valence electrons. The number of hydrogen-bond acceptors (Lipinski definition) is 4. The lowest BCUT2D eigenvalue weighted by molar-refractivity contribution is 0.0726. The Morgan fingerprint density at radius 1 is 1.29 bits per heavy atom. The van der Waals surface area contributed by atoms with Crippen LogP contribution in [0.1, 0.15) is 84.9 Å². The topological polar surface area (TPSA) is 73.9 Å². The van der Waals surface area contributed by atoms with E-state index < -0.39 is 0 Å². The van der Waals surface area contributed by atoms with Crippen LogP contribution in [0.4, 0.5) is 0 Å². The summed E-state index contributed by atoms with van der Waals surface area (Å²) in [7, 11) is 1.85. The van der Waals surface area contributed by atoms with Gasteiger partial charge in [0.1, 0.15) is 5.15 Å². The molecule has 1 fully saturated rings. The van der Waals surface area contributed by atoms with E-state index in [9.17, 15) is 4.79 Å². The van der Waals surface area contributed by atoms with Crippen LogP contribution in [0.15, 0.2) is 85.1 Å². The fraction of sp³-hybridized carbons (Fsp3) is 0.382. The molecule has 4 rings (SSSR count). The molecule has 41 heavy (non-hydrogen) atoms. The first-order chi connectivity index (χ1) is 19.7. The molecule has 0 radical (unpaired) electrons. The van der Waals surface area contributed by atoms with Crippen molar-refractivity contribution in [2.45, 2.75) is 76.9 Å². The average Bonchev–Trinajstić information content (AvgIpc) is 3.43. The zero-order valence-corrected chi connectivity index (χ0v) is 25.6. The molecule has 1 aliphatic carbocycles. The van der Waals surface area contributed by atoms with Crippen LogP contribution in [0, 0.1) is 6.92 Å². The zero-order valence-electron chi connectivity index (χ0n) is 24.8. The lowest BCUT2D eigenvalue weighted by atomic mass is 9.98. The minimum absolute atomic E-state index is 0.0318. The summed E-state index contributed by atoms with van der Waals surface area (Å²) in [6, 6.07) is 14.1. The number of hydrogen-bond donors (Lipinski definition) is 2. The van der Waals surface area contributed by atoms with Gasteiger partial charge in [-0.25, -0.2) is 4.98 Å². The highest BCUT2D eigenvalue weighted by atomic mass is 35.5. The Kier molecular flexibility index (Phi) is 10.0. The second-order valence-electron chi connectivity index (χ2n) is 11.3. The fourth-order valence-corrected chi connectivity index (χ4v) is 5.72. The molecule has 7 heteroatoms. The number of aryl methyl sites for hydroxylation is 1. The number of amides is 1. The molecule has 1 amide bonds. The maximum atomic E-state index is 13.6. The minimum Gasteiger partial charge on any atom is -0.333 e. The standard InChI is InChI=1S/C34H42ClN5O/c1-7-10-24(11-8-2)20-31(30-18-23(4)38-39-30)40(6)33(41)26-14-12-25(13-15-26)19-28(9-3)37-34(5)21-29(34)27-16-17-32(35)36-22-27/h7-8,10-18,22,28-29,31,37H,1,9,19-21H2,2-6H3,(H,38,39)/b11-8-,24-10+/t28-,29?,31?,34?/m0/s1. The van der Waals surface area contributed by atoms with E-state index in [4.69, 9.17) is 11.6 Å². The van der Waals surface area contributed by atoms with Gasteiger partial charge in [0.25, 0.3) is 5.91 Å². The van der Waals surface area contributed by atoms with Crippen LogP contribution in [0.3, 0.4) is 0 Å². The van der Waals surface area contributed by atoms with E-state index in [1.54, 1.807) is 11.0 Å². The molecule has 0 saturated heterocycles. The van der Waals surface area contributed by atoms with E-state index in [1.165, 1.54) is 11.1 Å². The second kappa shape index (κ2) is 13.5. The van der Waals surface area contributed by atoms with Gasteiger partial charge in [0, 0.05) is 42.0 Å². The second-order valence-corrected chi connectivity index (χ2v) is 11.7. The monoisotopic (exact) mass is 571 g/mol. The normalized spacial score (nSPS) is 20.1. The van der Waals surface area contributed by atoms with Gasteiger partial charge < -0.3 is 10.2 Å². The van der Waals surface area contributed by atoms with Gasteiger partial charge in [0.15, 0.2) is 0 Å². The van der Waals surface area contributed by atoms with Crippen LogP contribution >= 0.6 is 11.6 Å². The number of nitrogens with one attached hydrogen (secondary N) is 2. The van der Waals surface area contributed by atoms with E-state index in [-0.39, 0.29) is 17.5 Å². The number of aromatic nitrogens is 3. The molecule has 2 N–H and O–H groups in total. The summed E-state index contributed by atoms with van der Waals surface area (Å²) in [5.41, 5.74) is 6.05. The van der Waals surface area contributed by atoms with Crippen LogP contribution in [-0.4, -0.2) is 44.6 Å². The lowest BCUT2D eigenvalue weighted by Gasteiger charge is -2.28. The quantitative estimate of drug-likeness (QED) is 0.164. The summed E-state index contributed by atoms with van der Waals surface area (Å²) in [6.45, 7) is 12.3. The van der Waals surface area contributed by atoms with Gasteiger partial charge in [-0.15, -0.1) is 0 Å². The Labute approximate surface area is 249 Å². The van der Waals surface area contributed by atoms with E-state index in [0.717, 1.165) is 36.2 Å². The van der Waals surface area contributed by atoms with Gasteiger partial charge in [0.2, 0.25) is 0 Å². The Bertz CT molecular complexity index is 1390. The van der Waals surface area contributed by atoms with E-state index in [0.29, 0.717) is 29.1 Å². The lowest BCUT2D eigenvalue weighted by Crippen LogP contribution is -2.40. The van der Waals surface area contributed by atoms with Crippen LogP contribution in [-0.2, 0) is 6.42 Å². The van der Waals surface area contributed by atoms with Crippen molar-refractivity contribution >= 4 is 17.5 Å². The molecule has 3 aromatic rings. The summed E-state index contributed by atoms with van der Waals surface area (Å²) in [5.74, 6) is 0.411. The number of carbonyl (C=O) groups is 1. The summed E-state index contributed by atoms with van der Waals surface area (Å²) in [4.78, 5) is 19.7. The van der Waals surface area contributed by atoms with E-state index in [2.05, 4.69) is 65.2 Å². The van der Waals surface area contributed by atoms with Gasteiger partial charge in [-0.3, -0.25) is 9.89 Å². The van der Waals surface area contributed by atoms with Crippen molar-refractivity contribution in [2.75, 3.05) is 7.05 Å². The number of nitrogens with zero attached hydrogens (tertiary/aromatic N) is 3. The largest absolute Gasteiger partial charge is 0.333 e. The molecule has 2 aromatic heterocycles. The third-order valence-corrected chi connectivity index (χ3v) is 8.32. The van der Waals surface area contributed by atoms with Gasteiger partial charge in [-0.1, -0.05) is 67.6 Å². The van der Waals surface area contributed by atoms with Crippen molar-refractivity contribution in [3.63, 3.8) is 0 Å². The molecule has 3 unspecified atom stereocenters. The van der Waals surface area contributed by atoms with Crippen molar-refractivity contribution in [3.8, 4) is 0 Å². The van der Waals surface area contributed by atoms with Gasteiger partial charge >= 0.3 is 0 Å². The highest BCUT2D eigenvalue weighted by Crippen LogP contribution is 2.51. The van der Waals surface area contributed by atoms with E-state index >= 15 is 0 Å². The highest BCUT2D eigenvalue weighted by Gasteiger charge is 2.51. The average molecular weight is 572 g/mol. The molecule has 0 aliphatic heterocycles. The number of allylic oxidation sites excluding steroid dienone is 4. The minimum atomic E-state index is -0.216. The number of benzene rings is 1. The molecule has 0 bridgehead atoms. The molecule has 1 saturated carbocycles. The molecular weight excluding hydrogens is 530 g/mol. The van der Waals surface area contributed by atoms with Crippen LogP contribution in [0.5, 0.6) is 0 Å². The molecule has 1 aliphatic rings. The van der Waals surface area contributed by atoms with Gasteiger partial charge in [-0.05, 0) is 87.4 Å². The molecule has 0 spiro atoms. The Morgan fingerprint density at radius 3 is 2.63 bits per heavy atom. The summed E-state index contributed by atoms with van der Waals surface area (Å²) >= 11 is 5.98. The van der Waals surface area contributed by atoms with Crippen molar-refractivity contribution < 1.29 is 4.79 Å². The summed E-state index contributed by atoms with van der Waals surface area (Å²) < 4.78 is 0. The maximum absolute atomic E-state index is 13.6. The van der Waals surface area contributed by atoms with Gasteiger partial charge in [0.05, 0.1) is 11.7 Å². The number of pyridine rings is 1. The molecule has 4 atom stereocenters. The van der Waals surface area contributed by atoms with Gasteiger partial charge in [-0.2, -0.15) is 5.10 Å². The molecule has 2 heterocycles. The van der Waals surface area contributed by atoms with E-state index in [1.807, 2.05) is 63.5 Å². The third kappa shape index (κ3) is 7.63. The number of carbonyl (C=O) groups excluding carboxylic acids is 1. The van der Waals surface area contributed by atoms with Crippen molar-refractivity contribution in [2.24, 2.45) is 0 Å². The number of H-pyrrole nitrogens is 1. The number of rotatable bonds is 13. The SMILES string of the molecule is C=C/C=C(\C=C/C)CC(c1cc(C)[nH]n1)N(C)C(=O)c1ccc(C[C@H](CC)NC2(C)CC2c2ccc(Cl)nc2)cc1. The molecular formula is C34H42ClN5O. The maximum Gasteiger partial charge on any atom is 0.254 e. The predicted molar refractivity (Wildman–Crippen MR) is 168 cm³/mol. The predicted octanol–water partition coefficient (Wildman–Crippen LogP) is 7.52. The number of aromatic amines is 1. The van der Waals surface area contributed by atoms with Crippen LogP contribution in [0.2, 0.25) is 5.15 Å². The summed E-state index contributed by atoms with van der Waals surface area (Å²) in [6.07, 6.45) is 13.3. The Morgan fingerprint density at radius 2 is 2.05 bits per heavy atom. The summed E-state index contributed by atoms with van der Waals surface area (Å²) in [5, 5.41) is 11.9.